The molecule has 150 valence electrons. The number of alkyl halides is 3. The first-order valence-corrected chi connectivity index (χ1v) is 8.80. The Morgan fingerprint density at radius 2 is 1.81 bits per heavy atom. The molecule has 0 bridgehead atoms. The Hall–Kier alpha value is -2.29. The molecule has 0 aromatic heterocycles. The number of aldehydes is 1. The van der Waals surface area contributed by atoms with Gasteiger partial charge in [0.15, 0.2) is 0 Å². The van der Waals surface area contributed by atoms with E-state index in [2.05, 4.69) is 9.64 Å². The van der Waals surface area contributed by atoms with Crippen LogP contribution in [0.5, 0.6) is 5.75 Å². The Bertz CT molecular complexity index is 617. The molecule has 1 saturated heterocycles. The summed E-state index contributed by atoms with van der Waals surface area (Å²) in [6.45, 7) is 2.96. The van der Waals surface area contributed by atoms with Gasteiger partial charge in [-0.15, -0.1) is 13.2 Å². The van der Waals surface area contributed by atoms with Crippen molar-refractivity contribution in [3.05, 3.63) is 29.8 Å². The average molecular weight is 388 g/mol. The third kappa shape index (κ3) is 7.46. The molecule has 0 saturated carbocycles. The van der Waals surface area contributed by atoms with Crippen LogP contribution in [0.2, 0.25) is 0 Å². The molecule has 1 heterocycles. The molecule has 27 heavy (non-hydrogen) atoms. The third-order valence-corrected chi connectivity index (χ3v) is 4.23. The van der Waals surface area contributed by atoms with Crippen LogP contribution in [-0.2, 0) is 16.1 Å². The summed E-state index contributed by atoms with van der Waals surface area (Å²) in [6, 6.07) is 5.57. The molecule has 1 fully saturated rings. The van der Waals surface area contributed by atoms with E-state index in [4.69, 9.17) is 4.74 Å². The highest BCUT2D eigenvalue weighted by Gasteiger charge is 2.32. The van der Waals surface area contributed by atoms with Gasteiger partial charge in [-0.1, -0.05) is 18.2 Å². The van der Waals surface area contributed by atoms with E-state index in [1.165, 1.54) is 23.1 Å². The number of amides is 1. The van der Waals surface area contributed by atoms with Crippen LogP contribution in [0.1, 0.15) is 24.8 Å². The van der Waals surface area contributed by atoms with E-state index in [9.17, 15) is 22.8 Å². The van der Waals surface area contributed by atoms with Crippen molar-refractivity contribution in [2.45, 2.75) is 32.2 Å². The third-order valence-electron chi connectivity index (χ3n) is 4.23. The molecule has 1 aromatic rings. The number of hydrogen-bond acceptors (Lipinski definition) is 5. The first kappa shape index (κ1) is 21.0. The van der Waals surface area contributed by atoms with Crippen LogP contribution in [-0.4, -0.2) is 61.3 Å². The molecule has 0 aliphatic carbocycles. The van der Waals surface area contributed by atoms with Gasteiger partial charge >= 0.3 is 12.5 Å². The number of piperazine rings is 1. The van der Waals surface area contributed by atoms with Gasteiger partial charge in [0.1, 0.15) is 18.6 Å². The molecule has 0 radical (unpaired) electrons. The lowest BCUT2D eigenvalue weighted by Crippen LogP contribution is -2.48. The van der Waals surface area contributed by atoms with Crippen molar-refractivity contribution in [3.8, 4) is 5.75 Å². The van der Waals surface area contributed by atoms with Crippen LogP contribution in [0.3, 0.4) is 0 Å². The van der Waals surface area contributed by atoms with Gasteiger partial charge in [0.25, 0.3) is 0 Å². The summed E-state index contributed by atoms with van der Waals surface area (Å²) in [7, 11) is 0. The zero-order valence-electron chi connectivity index (χ0n) is 14.9. The van der Waals surface area contributed by atoms with Gasteiger partial charge in [0.05, 0.1) is 0 Å². The van der Waals surface area contributed by atoms with Crippen molar-refractivity contribution < 1.29 is 32.2 Å². The van der Waals surface area contributed by atoms with E-state index >= 15 is 0 Å². The minimum atomic E-state index is -4.80. The van der Waals surface area contributed by atoms with Crippen LogP contribution in [0.15, 0.2) is 24.3 Å². The van der Waals surface area contributed by atoms with Gasteiger partial charge in [-0.25, -0.2) is 4.79 Å². The van der Waals surface area contributed by atoms with E-state index in [-0.39, 0.29) is 17.9 Å². The Labute approximate surface area is 155 Å². The van der Waals surface area contributed by atoms with Gasteiger partial charge < -0.3 is 19.2 Å². The summed E-state index contributed by atoms with van der Waals surface area (Å²) in [5, 5.41) is 0. The SMILES string of the molecule is O=CCCCCN1CCN(C(=O)OCc2ccccc2OC(F)(F)F)CC1. The molecule has 1 aliphatic heterocycles. The number of carbonyl (C=O) groups is 2. The highest BCUT2D eigenvalue weighted by Crippen LogP contribution is 2.26. The predicted molar refractivity (Wildman–Crippen MR) is 91.2 cm³/mol. The second-order valence-electron chi connectivity index (χ2n) is 6.20. The van der Waals surface area contributed by atoms with E-state index in [1.807, 2.05) is 0 Å². The maximum atomic E-state index is 12.4. The molecule has 1 amide bonds. The van der Waals surface area contributed by atoms with Gasteiger partial charge in [0, 0.05) is 38.2 Å². The highest BCUT2D eigenvalue weighted by molar-refractivity contribution is 5.67. The lowest BCUT2D eigenvalue weighted by atomic mass is 10.2. The average Bonchev–Trinajstić information content (AvgIpc) is 2.63. The molecule has 9 heteroatoms. The van der Waals surface area contributed by atoms with E-state index < -0.39 is 12.5 Å². The van der Waals surface area contributed by atoms with E-state index in [1.54, 1.807) is 6.07 Å². The number of para-hydroxylation sites is 1. The Balaban J connectivity index is 1.76. The van der Waals surface area contributed by atoms with Gasteiger partial charge in [-0.3, -0.25) is 4.90 Å². The number of hydrogen-bond donors (Lipinski definition) is 0. The standard InChI is InChI=1S/C18H23F3N2O4/c19-18(20,21)27-16-7-3-2-6-15(16)14-26-17(25)23-11-9-22(10-12-23)8-4-1-5-13-24/h2-3,6-7,13H,1,4-5,8-12,14H2. The molecule has 1 aromatic carbocycles. The zero-order chi connectivity index (χ0) is 19.7. The molecule has 0 atom stereocenters. The molecular formula is C18H23F3N2O4. The summed E-state index contributed by atoms with van der Waals surface area (Å²) in [5.74, 6) is -0.377. The fourth-order valence-electron chi connectivity index (χ4n) is 2.80. The maximum absolute atomic E-state index is 12.4. The van der Waals surface area contributed by atoms with Crippen molar-refractivity contribution >= 4 is 12.4 Å². The van der Waals surface area contributed by atoms with Crippen LogP contribution >= 0.6 is 0 Å². The number of nitrogens with zero attached hydrogens (tertiary/aromatic N) is 2. The maximum Gasteiger partial charge on any atom is 0.573 e. The molecule has 1 aliphatic rings. The fourth-order valence-corrected chi connectivity index (χ4v) is 2.80. The fraction of sp³-hybridized carbons (Fsp3) is 0.556. The minimum Gasteiger partial charge on any atom is -0.444 e. The number of rotatable bonds is 8. The number of benzene rings is 1. The van der Waals surface area contributed by atoms with Gasteiger partial charge in [0.2, 0.25) is 0 Å². The van der Waals surface area contributed by atoms with E-state index in [0.717, 1.165) is 25.7 Å². The summed E-state index contributed by atoms with van der Waals surface area (Å²) in [4.78, 5) is 26.2. The summed E-state index contributed by atoms with van der Waals surface area (Å²) in [6.07, 6.45) is -2.11. The number of carbonyl (C=O) groups excluding carboxylic acids is 2. The largest absolute Gasteiger partial charge is 0.573 e. The Morgan fingerprint density at radius 1 is 1.11 bits per heavy atom. The lowest BCUT2D eigenvalue weighted by molar-refractivity contribution is -0.275. The molecule has 2 rings (SSSR count). The Morgan fingerprint density at radius 3 is 2.48 bits per heavy atom. The number of ether oxygens (including phenoxy) is 2. The monoisotopic (exact) mass is 388 g/mol. The predicted octanol–water partition coefficient (Wildman–Crippen LogP) is 3.21. The smallest absolute Gasteiger partial charge is 0.444 e. The van der Waals surface area contributed by atoms with Gasteiger partial charge in [-0.2, -0.15) is 0 Å². The molecule has 6 nitrogen and oxygen atoms in total. The van der Waals surface area contributed by atoms with Crippen molar-refractivity contribution in [1.82, 2.24) is 9.80 Å². The highest BCUT2D eigenvalue weighted by atomic mass is 19.4. The second kappa shape index (κ2) is 10.1. The number of halogens is 3. The molecule has 0 spiro atoms. The summed E-state index contributed by atoms with van der Waals surface area (Å²) < 4.78 is 46.4. The first-order chi connectivity index (χ1) is 12.9. The topological polar surface area (TPSA) is 59.1 Å². The van der Waals surface area contributed by atoms with Crippen LogP contribution in [0.25, 0.3) is 0 Å². The Kier molecular flexibility index (Phi) is 7.90. The molecular weight excluding hydrogens is 365 g/mol. The van der Waals surface area contributed by atoms with Crippen molar-refractivity contribution in [1.29, 1.82) is 0 Å². The lowest BCUT2D eigenvalue weighted by Gasteiger charge is -2.34. The van der Waals surface area contributed by atoms with Crippen LogP contribution in [0.4, 0.5) is 18.0 Å². The second-order valence-corrected chi connectivity index (χ2v) is 6.20. The van der Waals surface area contributed by atoms with Crippen molar-refractivity contribution in [2.24, 2.45) is 0 Å². The minimum absolute atomic E-state index is 0.150. The quantitative estimate of drug-likeness (QED) is 0.506. The van der Waals surface area contributed by atoms with E-state index in [0.29, 0.717) is 32.6 Å². The van der Waals surface area contributed by atoms with Crippen molar-refractivity contribution in [3.63, 3.8) is 0 Å². The summed E-state index contributed by atoms with van der Waals surface area (Å²) >= 11 is 0. The normalized spacial score (nSPS) is 15.4. The van der Waals surface area contributed by atoms with Crippen LogP contribution in [0, 0.1) is 0 Å². The zero-order valence-corrected chi connectivity index (χ0v) is 14.9. The van der Waals surface area contributed by atoms with Gasteiger partial charge in [-0.05, 0) is 25.5 Å². The first-order valence-electron chi connectivity index (χ1n) is 8.80. The van der Waals surface area contributed by atoms with Crippen molar-refractivity contribution in [2.75, 3.05) is 32.7 Å². The number of unbranched alkanes of at least 4 members (excludes halogenated alkanes) is 2. The summed E-state index contributed by atoms with van der Waals surface area (Å²) in [5.41, 5.74) is 0.150. The van der Waals surface area contributed by atoms with Crippen LogP contribution < -0.4 is 4.74 Å². The molecule has 0 unspecified atom stereocenters. The molecule has 0 N–H and O–H groups in total.